The lowest BCUT2D eigenvalue weighted by atomic mass is 9.99. The van der Waals surface area contributed by atoms with Gasteiger partial charge in [-0.15, -0.1) is 0 Å². The van der Waals surface area contributed by atoms with E-state index < -0.39 is 0 Å². The molecule has 1 aliphatic heterocycles. The Morgan fingerprint density at radius 1 is 1.39 bits per heavy atom. The highest BCUT2D eigenvalue weighted by atomic mass is 32.2. The zero-order valence-corrected chi connectivity index (χ0v) is 11.4. The van der Waals surface area contributed by atoms with Crippen molar-refractivity contribution in [3.8, 4) is 0 Å². The van der Waals surface area contributed by atoms with Crippen LogP contribution < -0.4 is 5.32 Å². The molecule has 2 atom stereocenters. The number of nitrogens with zero attached hydrogens (tertiary/aromatic N) is 1. The number of hydrogen-bond donors (Lipinski definition) is 1. The van der Waals surface area contributed by atoms with Gasteiger partial charge in [0.1, 0.15) is 0 Å². The summed E-state index contributed by atoms with van der Waals surface area (Å²) in [4.78, 5) is 4.45. The Bertz CT molecular complexity index is 535. The molecule has 0 aliphatic carbocycles. The molecule has 0 bridgehead atoms. The molecule has 2 heterocycles. The normalized spacial score (nSPS) is 21.3. The van der Waals surface area contributed by atoms with E-state index in [2.05, 4.69) is 53.4 Å². The highest BCUT2D eigenvalue weighted by Crippen LogP contribution is 2.36. The van der Waals surface area contributed by atoms with Gasteiger partial charge in [-0.05, 0) is 43.3 Å². The van der Waals surface area contributed by atoms with Crippen LogP contribution in [0.3, 0.4) is 0 Å². The second-order valence-electron chi connectivity index (χ2n) is 4.77. The fourth-order valence-electron chi connectivity index (χ4n) is 2.71. The predicted octanol–water partition coefficient (Wildman–Crippen LogP) is 3.39. The first-order valence-corrected chi connectivity index (χ1v) is 7.57. The molecular weight excluding hydrogens is 240 g/mol. The number of thioether (sulfide) groups is 1. The van der Waals surface area contributed by atoms with Crippen LogP contribution in [0.25, 0.3) is 10.9 Å². The summed E-state index contributed by atoms with van der Waals surface area (Å²) in [6, 6.07) is 11.2. The van der Waals surface area contributed by atoms with Crippen LogP contribution in [0.4, 0.5) is 0 Å². The lowest BCUT2D eigenvalue weighted by Crippen LogP contribution is -2.25. The molecule has 18 heavy (non-hydrogen) atoms. The molecule has 2 aromatic rings. The minimum Gasteiger partial charge on any atom is -0.312 e. The zero-order valence-electron chi connectivity index (χ0n) is 10.6. The standard InChI is InChI=1S/C15H18N2S/c1-16-15(14-5-3-9-18-14)12-7-6-11-4-2-8-17-13(11)10-12/h2,4,6-8,10,14-16H,3,5,9H2,1H3. The summed E-state index contributed by atoms with van der Waals surface area (Å²) in [7, 11) is 2.06. The molecule has 0 spiro atoms. The van der Waals surface area contributed by atoms with Gasteiger partial charge in [-0.25, -0.2) is 0 Å². The molecule has 1 fully saturated rings. The van der Waals surface area contributed by atoms with Gasteiger partial charge in [-0.2, -0.15) is 11.8 Å². The second-order valence-corrected chi connectivity index (χ2v) is 6.12. The van der Waals surface area contributed by atoms with Crippen molar-refractivity contribution in [3.05, 3.63) is 42.1 Å². The van der Waals surface area contributed by atoms with Gasteiger partial charge in [-0.3, -0.25) is 4.98 Å². The van der Waals surface area contributed by atoms with E-state index in [0.717, 1.165) is 5.52 Å². The number of rotatable bonds is 3. The van der Waals surface area contributed by atoms with Crippen LogP contribution in [-0.2, 0) is 0 Å². The van der Waals surface area contributed by atoms with Crippen LogP contribution in [0, 0.1) is 0 Å². The minimum absolute atomic E-state index is 0.448. The number of benzene rings is 1. The molecule has 1 N–H and O–H groups in total. The average Bonchev–Trinajstić information content (AvgIpc) is 2.93. The van der Waals surface area contributed by atoms with Crippen molar-refractivity contribution in [2.24, 2.45) is 0 Å². The molecule has 2 unspecified atom stereocenters. The predicted molar refractivity (Wildman–Crippen MR) is 79.0 cm³/mol. The highest BCUT2D eigenvalue weighted by Gasteiger charge is 2.25. The van der Waals surface area contributed by atoms with Crippen LogP contribution in [0.1, 0.15) is 24.4 Å². The molecule has 0 radical (unpaired) electrons. The van der Waals surface area contributed by atoms with Gasteiger partial charge < -0.3 is 5.32 Å². The third-order valence-electron chi connectivity index (χ3n) is 3.64. The van der Waals surface area contributed by atoms with Crippen molar-refractivity contribution in [1.29, 1.82) is 0 Å². The number of hydrogen-bond acceptors (Lipinski definition) is 3. The molecule has 1 aromatic heterocycles. The Kier molecular flexibility index (Phi) is 3.52. The van der Waals surface area contributed by atoms with Gasteiger partial charge >= 0.3 is 0 Å². The zero-order chi connectivity index (χ0) is 12.4. The maximum atomic E-state index is 4.45. The summed E-state index contributed by atoms with van der Waals surface area (Å²) in [6.45, 7) is 0. The van der Waals surface area contributed by atoms with Crippen LogP contribution in [0.5, 0.6) is 0 Å². The maximum absolute atomic E-state index is 4.45. The van der Waals surface area contributed by atoms with Gasteiger partial charge in [0.05, 0.1) is 5.52 Å². The molecule has 2 nitrogen and oxygen atoms in total. The van der Waals surface area contributed by atoms with Crippen molar-refractivity contribution >= 4 is 22.7 Å². The molecule has 3 rings (SSSR count). The Morgan fingerprint density at radius 2 is 2.33 bits per heavy atom. The molecule has 94 valence electrons. The quantitative estimate of drug-likeness (QED) is 0.913. The average molecular weight is 258 g/mol. The van der Waals surface area contributed by atoms with Crippen molar-refractivity contribution in [3.63, 3.8) is 0 Å². The summed E-state index contributed by atoms with van der Waals surface area (Å²) in [5.74, 6) is 1.30. The van der Waals surface area contributed by atoms with Crippen LogP contribution in [-0.4, -0.2) is 23.0 Å². The van der Waals surface area contributed by atoms with Gasteiger partial charge in [0, 0.05) is 22.9 Å². The van der Waals surface area contributed by atoms with E-state index in [1.165, 1.54) is 29.5 Å². The van der Waals surface area contributed by atoms with Crippen LogP contribution in [0.2, 0.25) is 0 Å². The Morgan fingerprint density at radius 3 is 3.11 bits per heavy atom. The van der Waals surface area contributed by atoms with Gasteiger partial charge in [-0.1, -0.05) is 18.2 Å². The monoisotopic (exact) mass is 258 g/mol. The summed E-state index contributed by atoms with van der Waals surface area (Å²) in [6.07, 6.45) is 4.53. The SMILES string of the molecule is CNC(c1ccc2cccnc2c1)C1CCCS1. The Labute approximate surface area is 112 Å². The van der Waals surface area contributed by atoms with E-state index >= 15 is 0 Å². The maximum Gasteiger partial charge on any atom is 0.0705 e. The van der Waals surface area contributed by atoms with E-state index in [0.29, 0.717) is 11.3 Å². The number of nitrogens with one attached hydrogen (secondary N) is 1. The molecule has 1 saturated heterocycles. The molecule has 1 aliphatic rings. The molecule has 0 amide bonds. The van der Waals surface area contributed by atoms with E-state index in [1.54, 1.807) is 0 Å². The Hall–Kier alpha value is -1.06. The van der Waals surface area contributed by atoms with Gasteiger partial charge in [0.25, 0.3) is 0 Å². The van der Waals surface area contributed by atoms with Gasteiger partial charge in [0.2, 0.25) is 0 Å². The first-order valence-electron chi connectivity index (χ1n) is 6.52. The van der Waals surface area contributed by atoms with Gasteiger partial charge in [0.15, 0.2) is 0 Å². The van der Waals surface area contributed by atoms with E-state index in [1.807, 2.05) is 12.3 Å². The van der Waals surface area contributed by atoms with Crippen molar-refractivity contribution in [1.82, 2.24) is 10.3 Å². The summed E-state index contributed by atoms with van der Waals surface area (Å²) < 4.78 is 0. The minimum atomic E-state index is 0.448. The summed E-state index contributed by atoms with van der Waals surface area (Å²) >= 11 is 2.09. The fraction of sp³-hybridized carbons (Fsp3) is 0.400. The topological polar surface area (TPSA) is 24.9 Å². The largest absolute Gasteiger partial charge is 0.312 e. The molecular formula is C15H18N2S. The third kappa shape index (κ3) is 2.25. The van der Waals surface area contributed by atoms with Crippen molar-refractivity contribution in [2.75, 3.05) is 12.8 Å². The number of fused-ring (bicyclic) bond motifs is 1. The number of aromatic nitrogens is 1. The third-order valence-corrected chi connectivity index (χ3v) is 5.10. The first-order chi connectivity index (χ1) is 8.88. The first kappa shape index (κ1) is 12.0. The lowest BCUT2D eigenvalue weighted by molar-refractivity contribution is 0.552. The highest BCUT2D eigenvalue weighted by molar-refractivity contribution is 8.00. The van der Waals surface area contributed by atoms with E-state index in [9.17, 15) is 0 Å². The fourth-order valence-corrected chi connectivity index (χ4v) is 4.16. The molecule has 1 aromatic carbocycles. The van der Waals surface area contributed by atoms with Crippen molar-refractivity contribution in [2.45, 2.75) is 24.1 Å². The molecule has 0 saturated carbocycles. The second kappa shape index (κ2) is 5.29. The van der Waals surface area contributed by atoms with Crippen LogP contribution >= 0.6 is 11.8 Å². The van der Waals surface area contributed by atoms with E-state index in [-0.39, 0.29) is 0 Å². The number of pyridine rings is 1. The van der Waals surface area contributed by atoms with E-state index in [4.69, 9.17) is 0 Å². The Balaban J connectivity index is 1.96. The van der Waals surface area contributed by atoms with Crippen LogP contribution in [0.15, 0.2) is 36.5 Å². The van der Waals surface area contributed by atoms with Crippen molar-refractivity contribution < 1.29 is 0 Å². The smallest absolute Gasteiger partial charge is 0.0705 e. The lowest BCUT2D eigenvalue weighted by Gasteiger charge is -2.23. The summed E-state index contributed by atoms with van der Waals surface area (Å²) in [5, 5.41) is 5.40. The molecule has 3 heteroatoms. The summed E-state index contributed by atoms with van der Waals surface area (Å²) in [5.41, 5.74) is 2.46.